The van der Waals surface area contributed by atoms with Crippen LogP contribution >= 0.6 is 27.5 Å². The first kappa shape index (κ1) is 11.1. The zero-order chi connectivity index (χ0) is 10.6. The monoisotopic (exact) mass is 271 g/mol. The summed E-state index contributed by atoms with van der Waals surface area (Å²) in [5.74, 6) is 0.473. The van der Waals surface area contributed by atoms with Gasteiger partial charge >= 0.3 is 0 Å². The van der Waals surface area contributed by atoms with Gasteiger partial charge in [-0.3, -0.25) is 0 Å². The summed E-state index contributed by atoms with van der Waals surface area (Å²) in [6, 6.07) is 7.06. The normalized spacial score (nSPS) is 9.21. The van der Waals surface area contributed by atoms with Crippen molar-refractivity contribution >= 4 is 27.5 Å². The first-order valence-corrected chi connectivity index (χ1v) is 4.97. The van der Waals surface area contributed by atoms with Crippen molar-refractivity contribution in [3.63, 3.8) is 0 Å². The zero-order valence-electron chi connectivity index (χ0n) is 7.26. The summed E-state index contributed by atoms with van der Waals surface area (Å²) in [6.45, 7) is 3.94. The Morgan fingerprint density at radius 2 is 2.36 bits per heavy atom. The topological polar surface area (TPSA) is 33.0 Å². The molecule has 72 valence electrons. The summed E-state index contributed by atoms with van der Waals surface area (Å²) in [5.41, 5.74) is 0.350. The van der Waals surface area contributed by atoms with Crippen molar-refractivity contribution in [2.45, 2.75) is 0 Å². The van der Waals surface area contributed by atoms with E-state index in [2.05, 4.69) is 22.5 Å². The van der Waals surface area contributed by atoms with Crippen LogP contribution in [0.4, 0.5) is 0 Å². The molecule has 0 N–H and O–H groups in total. The van der Waals surface area contributed by atoms with Gasteiger partial charge in [-0.05, 0) is 12.1 Å². The van der Waals surface area contributed by atoms with Gasteiger partial charge in [0.2, 0.25) is 0 Å². The van der Waals surface area contributed by atoms with Gasteiger partial charge < -0.3 is 4.74 Å². The van der Waals surface area contributed by atoms with E-state index in [0.29, 0.717) is 27.4 Å². The first-order chi connectivity index (χ1) is 6.65. The molecule has 0 aliphatic carbocycles. The van der Waals surface area contributed by atoms with Gasteiger partial charge in [0.1, 0.15) is 24.0 Å². The molecule has 0 aliphatic rings. The Kier molecular flexibility index (Phi) is 3.99. The molecule has 0 amide bonds. The molecule has 0 bridgehead atoms. The Labute approximate surface area is 95.9 Å². The summed E-state index contributed by atoms with van der Waals surface area (Å²) in [5, 5.41) is 9.21. The highest BCUT2D eigenvalue weighted by molar-refractivity contribution is 9.11. The standard InChI is InChI=1S/C10H7BrClNO/c1-7(11)6-14-10-4-2-3-9(12)8(10)5-13/h2-4H,1,6H2. The van der Waals surface area contributed by atoms with Gasteiger partial charge in [0.25, 0.3) is 0 Å². The minimum absolute atomic E-state index is 0.315. The lowest BCUT2D eigenvalue weighted by Gasteiger charge is -2.07. The molecule has 0 radical (unpaired) electrons. The Morgan fingerprint density at radius 3 is 2.93 bits per heavy atom. The molecule has 0 aromatic heterocycles. The van der Waals surface area contributed by atoms with Gasteiger partial charge in [-0.25, -0.2) is 0 Å². The second-order valence-corrected chi connectivity index (χ2v) is 4.06. The Hall–Kier alpha value is -0.980. The number of nitriles is 1. The molecular weight excluding hydrogens is 265 g/mol. The lowest BCUT2D eigenvalue weighted by Crippen LogP contribution is -1.98. The molecule has 0 aliphatic heterocycles. The quantitative estimate of drug-likeness (QED) is 0.844. The van der Waals surface area contributed by atoms with Crippen molar-refractivity contribution in [2.24, 2.45) is 0 Å². The third kappa shape index (κ3) is 2.76. The van der Waals surface area contributed by atoms with Crippen LogP contribution < -0.4 is 4.74 Å². The van der Waals surface area contributed by atoms with Gasteiger partial charge in [0.15, 0.2) is 0 Å². The van der Waals surface area contributed by atoms with E-state index in [1.165, 1.54) is 0 Å². The third-order valence-corrected chi connectivity index (χ3v) is 2.02. The van der Waals surface area contributed by atoms with Crippen molar-refractivity contribution in [3.8, 4) is 11.8 Å². The van der Waals surface area contributed by atoms with Gasteiger partial charge in [-0.15, -0.1) is 0 Å². The number of benzene rings is 1. The molecule has 1 aromatic rings. The molecule has 14 heavy (non-hydrogen) atoms. The number of ether oxygens (including phenoxy) is 1. The van der Waals surface area contributed by atoms with Crippen LogP contribution in [-0.4, -0.2) is 6.61 Å². The number of rotatable bonds is 3. The largest absolute Gasteiger partial charge is 0.487 e. The molecule has 4 heteroatoms. The molecule has 0 saturated carbocycles. The minimum atomic E-state index is 0.315. The molecule has 0 spiro atoms. The molecule has 0 saturated heterocycles. The fourth-order valence-electron chi connectivity index (χ4n) is 0.889. The number of halogens is 2. The molecule has 2 nitrogen and oxygen atoms in total. The van der Waals surface area contributed by atoms with Crippen LogP contribution in [0.25, 0.3) is 0 Å². The molecule has 0 unspecified atom stereocenters. The number of hydrogen-bond donors (Lipinski definition) is 0. The van der Waals surface area contributed by atoms with Crippen LogP contribution in [0, 0.1) is 11.3 Å². The maximum absolute atomic E-state index is 8.82. The molecule has 0 fully saturated rings. The van der Waals surface area contributed by atoms with Crippen LogP contribution in [0.3, 0.4) is 0 Å². The van der Waals surface area contributed by atoms with E-state index in [1.807, 2.05) is 6.07 Å². The fourth-order valence-corrected chi connectivity index (χ4v) is 1.21. The van der Waals surface area contributed by atoms with Crippen molar-refractivity contribution in [1.29, 1.82) is 5.26 Å². The van der Waals surface area contributed by atoms with E-state index in [1.54, 1.807) is 18.2 Å². The molecule has 0 heterocycles. The van der Waals surface area contributed by atoms with E-state index in [9.17, 15) is 0 Å². The van der Waals surface area contributed by atoms with Gasteiger partial charge in [0, 0.05) is 4.48 Å². The van der Waals surface area contributed by atoms with E-state index >= 15 is 0 Å². The lowest BCUT2D eigenvalue weighted by atomic mass is 10.2. The van der Waals surface area contributed by atoms with E-state index in [0.717, 1.165) is 0 Å². The summed E-state index contributed by atoms with van der Waals surface area (Å²) in [7, 11) is 0. The van der Waals surface area contributed by atoms with Crippen LogP contribution in [0.1, 0.15) is 5.56 Å². The van der Waals surface area contributed by atoms with Crippen molar-refractivity contribution in [3.05, 3.63) is 39.8 Å². The summed E-state index contributed by atoms with van der Waals surface area (Å²) in [4.78, 5) is 0. The highest BCUT2D eigenvalue weighted by Crippen LogP contribution is 2.25. The summed E-state index contributed by atoms with van der Waals surface area (Å²) >= 11 is 8.97. The van der Waals surface area contributed by atoms with E-state index in [-0.39, 0.29) is 0 Å². The third-order valence-electron chi connectivity index (χ3n) is 1.47. The Morgan fingerprint density at radius 1 is 1.64 bits per heavy atom. The maximum Gasteiger partial charge on any atom is 0.139 e. The minimum Gasteiger partial charge on any atom is -0.487 e. The van der Waals surface area contributed by atoms with Crippen LogP contribution in [0.5, 0.6) is 5.75 Å². The van der Waals surface area contributed by atoms with Gasteiger partial charge in [-0.2, -0.15) is 5.26 Å². The SMILES string of the molecule is C=C(Br)COc1cccc(Cl)c1C#N. The zero-order valence-corrected chi connectivity index (χ0v) is 9.60. The highest BCUT2D eigenvalue weighted by atomic mass is 79.9. The Bertz CT molecular complexity index is 398. The van der Waals surface area contributed by atoms with Crippen LogP contribution in [0.2, 0.25) is 5.02 Å². The fraction of sp³-hybridized carbons (Fsp3) is 0.100. The Balaban J connectivity index is 2.92. The van der Waals surface area contributed by atoms with Gasteiger partial charge in [-0.1, -0.05) is 40.2 Å². The van der Waals surface area contributed by atoms with Crippen molar-refractivity contribution < 1.29 is 4.74 Å². The number of nitrogens with zero attached hydrogens (tertiary/aromatic N) is 1. The molecular formula is C10H7BrClNO. The maximum atomic E-state index is 8.82. The average molecular weight is 273 g/mol. The summed E-state index contributed by atoms with van der Waals surface area (Å²) < 4.78 is 6.03. The van der Waals surface area contributed by atoms with Crippen LogP contribution in [-0.2, 0) is 0 Å². The van der Waals surface area contributed by atoms with Crippen molar-refractivity contribution in [1.82, 2.24) is 0 Å². The second-order valence-electron chi connectivity index (χ2n) is 2.53. The molecule has 0 atom stereocenters. The molecule has 1 rings (SSSR count). The number of hydrogen-bond acceptors (Lipinski definition) is 2. The van der Waals surface area contributed by atoms with Crippen LogP contribution in [0.15, 0.2) is 29.3 Å². The second kappa shape index (κ2) is 5.04. The predicted octanol–water partition coefficient (Wildman–Crippen LogP) is 3.50. The summed E-state index contributed by atoms with van der Waals surface area (Å²) in [6.07, 6.45) is 0. The highest BCUT2D eigenvalue weighted by Gasteiger charge is 2.06. The lowest BCUT2D eigenvalue weighted by molar-refractivity contribution is 0.360. The van der Waals surface area contributed by atoms with E-state index < -0.39 is 0 Å². The van der Waals surface area contributed by atoms with E-state index in [4.69, 9.17) is 21.6 Å². The smallest absolute Gasteiger partial charge is 0.139 e. The average Bonchev–Trinajstić information content (AvgIpc) is 2.14. The van der Waals surface area contributed by atoms with Gasteiger partial charge in [0.05, 0.1) is 5.02 Å². The molecule has 1 aromatic carbocycles. The van der Waals surface area contributed by atoms with Crippen molar-refractivity contribution in [2.75, 3.05) is 6.61 Å². The predicted molar refractivity (Wildman–Crippen MR) is 59.7 cm³/mol. The first-order valence-electron chi connectivity index (χ1n) is 3.80.